The summed E-state index contributed by atoms with van der Waals surface area (Å²) in [5.74, 6) is 0.685. The van der Waals surface area contributed by atoms with Crippen molar-refractivity contribution in [1.29, 1.82) is 0 Å². The lowest BCUT2D eigenvalue weighted by atomic mass is 9.82. The average molecular weight is 903 g/mol. The summed E-state index contributed by atoms with van der Waals surface area (Å²) >= 11 is 0. The lowest BCUT2D eigenvalue weighted by molar-refractivity contribution is 0.670. The molecule has 0 saturated heterocycles. The van der Waals surface area contributed by atoms with E-state index in [9.17, 15) is 0 Å². The van der Waals surface area contributed by atoms with Gasteiger partial charge in [0.25, 0.3) is 0 Å². The van der Waals surface area contributed by atoms with Gasteiger partial charge in [-0.25, -0.2) is 9.97 Å². The Morgan fingerprint density at radius 1 is 0.268 bits per heavy atom. The monoisotopic (exact) mass is 902 g/mol. The summed E-state index contributed by atoms with van der Waals surface area (Å²) in [6.45, 7) is 0. The molecule has 0 unspecified atom stereocenters. The molecule has 0 aliphatic rings. The van der Waals surface area contributed by atoms with Crippen molar-refractivity contribution in [2.75, 3.05) is 0 Å². The Labute approximate surface area is 410 Å². The molecule has 0 N–H and O–H groups in total. The van der Waals surface area contributed by atoms with Gasteiger partial charge in [0.1, 0.15) is 11.2 Å². The zero-order valence-corrected chi connectivity index (χ0v) is 38.6. The van der Waals surface area contributed by atoms with Crippen LogP contribution in [0.3, 0.4) is 0 Å². The minimum Gasteiger partial charge on any atom is -0.455 e. The summed E-state index contributed by atoms with van der Waals surface area (Å²) in [7, 11) is 0. The molecule has 0 amide bonds. The minimum atomic E-state index is 0.685. The number of benzene rings is 12. The molecule has 2 heterocycles. The van der Waals surface area contributed by atoms with Crippen LogP contribution in [0.25, 0.3) is 143 Å². The molecule has 0 saturated carbocycles. The number of aromatic nitrogens is 2. The first-order valence-electron chi connectivity index (χ1n) is 24.2. The fourth-order valence-corrected chi connectivity index (χ4v) is 11.0. The fourth-order valence-electron chi connectivity index (χ4n) is 11.0. The smallest absolute Gasteiger partial charge is 0.160 e. The second kappa shape index (κ2) is 16.7. The van der Waals surface area contributed by atoms with Crippen molar-refractivity contribution in [3.8, 4) is 78.4 Å². The van der Waals surface area contributed by atoms with Crippen LogP contribution < -0.4 is 0 Å². The molecule has 3 nitrogen and oxygen atoms in total. The molecule has 2 aromatic heterocycles. The van der Waals surface area contributed by atoms with E-state index in [4.69, 9.17) is 14.4 Å². The molecule has 0 bridgehead atoms. The largest absolute Gasteiger partial charge is 0.455 e. The van der Waals surface area contributed by atoms with Crippen molar-refractivity contribution in [2.45, 2.75) is 0 Å². The Balaban J connectivity index is 0.868. The van der Waals surface area contributed by atoms with Crippen molar-refractivity contribution >= 4 is 65.0 Å². The molecule has 12 aromatic carbocycles. The maximum atomic E-state index is 6.40. The predicted octanol–water partition coefficient (Wildman–Crippen LogP) is 18.7. The van der Waals surface area contributed by atoms with Crippen LogP contribution in [0.15, 0.2) is 259 Å². The topological polar surface area (TPSA) is 38.9 Å². The van der Waals surface area contributed by atoms with E-state index in [1.54, 1.807) is 0 Å². The summed E-state index contributed by atoms with van der Waals surface area (Å²) in [6.07, 6.45) is 0. The summed E-state index contributed by atoms with van der Waals surface area (Å²) in [4.78, 5) is 10.3. The maximum absolute atomic E-state index is 6.40. The third kappa shape index (κ3) is 6.82. The highest BCUT2D eigenvalue weighted by atomic mass is 16.3. The van der Waals surface area contributed by atoms with Crippen LogP contribution in [0.1, 0.15) is 0 Å². The van der Waals surface area contributed by atoms with Gasteiger partial charge in [-0.1, -0.05) is 243 Å². The highest BCUT2D eigenvalue weighted by molar-refractivity contribution is 6.29. The minimum absolute atomic E-state index is 0.685. The molecule has 71 heavy (non-hydrogen) atoms. The van der Waals surface area contributed by atoms with Gasteiger partial charge in [-0.2, -0.15) is 0 Å². The highest BCUT2D eigenvalue weighted by Crippen LogP contribution is 2.48. The Morgan fingerprint density at radius 2 is 0.775 bits per heavy atom. The van der Waals surface area contributed by atoms with E-state index >= 15 is 0 Å². The number of rotatable bonds is 7. The zero-order chi connectivity index (χ0) is 46.8. The number of para-hydroxylation sites is 2. The Kier molecular flexibility index (Phi) is 9.53. The van der Waals surface area contributed by atoms with E-state index in [1.807, 2.05) is 30.3 Å². The van der Waals surface area contributed by atoms with Crippen LogP contribution >= 0.6 is 0 Å². The van der Waals surface area contributed by atoms with Gasteiger partial charge >= 0.3 is 0 Å². The molecule has 330 valence electrons. The molecular formula is C68H42N2O. The third-order valence-corrected chi connectivity index (χ3v) is 14.3. The summed E-state index contributed by atoms with van der Waals surface area (Å²) < 4.78 is 6.40. The number of nitrogens with zero attached hydrogens (tertiary/aromatic N) is 2. The van der Waals surface area contributed by atoms with Crippen LogP contribution in [-0.2, 0) is 0 Å². The van der Waals surface area contributed by atoms with Crippen molar-refractivity contribution in [3.63, 3.8) is 0 Å². The number of furan rings is 1. The van der Waals surface area contributed by atoms with Crippen LogP contribution in [0.4, 0.5) is 0 Å². The van der Waals surface area contributed by atoms with E-state index in [-0.39, 0.29) is 0 Å². The molecule has 0 radical (unpaired) electrons. The van der Waals surface area contributed by atoms with Gasteiger partial charge in [0.2, 0.25) is 0 Å². The Bertz CT molecular complexity index is 4360. The zero-order valence-electron chi connectivity index (χ0n) is 38.6. The molecule has 0 aliphatic heterocycles. The first-order valence-corrected chi connectivity index (χ1v) is 24.2. The second-order valence-corrected chi connectivity index (χ2v) is 18.3. The number of hydrogen-bond acceptors (Lipinski definition) is 3. The molecule has 3 heteroatoms. The first kappa shape index (κ1) is 40.6. The van der Waals surface area contributed by atoms with Crippen molar-refractivity contribution in [1.82, 2.24) is 9.97 Å². The molecule has 14 aromatic rings. The van der Waals surface area contributed by atoms with Crippen molar-refractivity contribution < 1.29 is 4.42 Å². The lowest BCUT2D eigenvalue weighted by Crippen LogP contribution is -1.96. The quantitative estimate of drug-likeness (QED) is 0.118. The van der Waals surface area contributed by atoms with E-state index in [2.05, 4.69) is 224 Å². The summed E-state index contributed by atoms with van der Waals surface area (Å²) in [5.41, 5.74) is 16.0. The third-order valence-electron chi connectivity index (χ3n) is 14.3. The predicted molar refractivity (Wildman–Crippen MR) is 297 cm³/mol. The molecule has 0 fully saturated rings. The second-order valence-electron chi connectivity index (χ2n) is 18.3. The standard InChI is InChI=1S/C68H42N2O/c1-3-17-48(18-4-1)64-56-25-11-12-26-57(56)65(60-39-38-43-16-7-8-21-51(43)66(60)64)58-41-40-50(53-22-9-10-23-54(53)58)44-30-34-46(35-31-44)61-42-62(70-68(69-61)49-19-5-2-6-20-49)47-36-32-45(33-37-47)52-27-15-28-59-55-24-13-14-29-63(55)71-67(52)59/h1-42H. The van der Waals surface area contributed by atoms with E-state index in [0.717, 1.165) is 66.7 Å². The van der Waals surface area contributed by atoms with Crippen LogP contribution in [0.2, 0.25) is 0 Å². The summed E-state index contributed by atoms with van der Waals surface area (Å²) in [6, 6.07) is 91.3. The fraction of sp³-hybridized carbons (Fsp3) is 0. The Morgan fingerprint density at radius 3 is 1.46 bits per heavy atom. The molecule has 0 atom stereocenters. The van der Waals surface area contributed by atoms with Gasteiger partial charge in [-0.15, -0.1) is 0 Å². The van der Waals surface area contributed by atoms with Gasteiger partial charge < -0.3 is 4.42 Å². The average Bonchev–Trinajstić information content (AvgIpc) is 3.84. The molecule has 0 spiro atoms. The first-order chi connectivity index (χ1) is 35.2. The SMILES string of the molecule is c1ccc(-c2nc(-c3ccc(-c4ccc(-c5c6ccccc6c(-c6ccccc6)c6c5ccc5ccccc56)c5ccccc45)cc3)cc(-c3ccc(-c4cccc5c4oc4ccccc45)cc3)n2)cc1. The van der Waals surface area contributed by atoms with Crippen molar-refractivity contribution in [3.05, 3.63) is 255 Å². The number of fused-ring (bicyclic) bond motifs is 8. The van der Waals surface area contributed by atoms with E-state index in [0.29, 0.717) is 5.82 Å². The van der Waals surface area contributed by atoms with Crippen molar-refractivity contribution in [2.24, 2.45) is 0 Å². The van der Waals surface area contributed by atoms with Gasteiger partial charge in [0, 0.05) is 33.0 Å². The maximum Gasteiger partial charge on any atom is 0.160 e. The van der Waals surface area contributed by atoms with Crippen LogP contribution in [0, 0.1) is 0 Å². The van der Waals surface area contributed by atoms with Gasteiger partial charge in [-0.05, 0) is 94.2 Å². The lowest BCUT2D eigenvalue weighted by Gasteiger charge is -2.21. The highest BCUT2D eigenvalue weighted by Gasteiger charge is 2.21. The normalized spacial score (nSPS) is 11.7. The number of hydrogen-bond donors (Lipinski definition) is 0. The van der Waals surface area contributed by atoms with Crippen LogP contribution in [0.5, 0.6) is 0 Å². The van der Waals surface area contributed by atoms with E-state index in [1.165, 1.54) is 70.9 Å². The van der Waals surface area contributed by atoms with Gasteiger partial charge in [-0.3, -0.25) is 0 Å². The van der Waals surface area contributed by atoms with Gasteiger partial charge in [0.15, 0.2) is 5.82 Å². The molecule has 0 aliphatic carbocycles. The van der Waals surface area contributed by atoms with Gasteiger partial charge in [0.05, 0.1) is 11.4 Å². The Hall–Kier alpha value is -9.44. The summed E-state index contributed by atoms with van der Waals surface area (Å²) in [5, 5.41) is 12.2. The van der Waals surface area contributed by atoms with Crippen LogP contribution in [-0.4, -0.2) is 9.97 Å². The molecule has 14 rings (SSSR count). The van der Waals surface area contributed by atoms with E-state index < -0.39 is 0 Å². The molecular weight excluding hydrogens is 861 g/mol.